The molecule has 0 heterocycles. The van der Waals surface area contributed by atoms with Crippen LogP contribution in [0, 0.1) is 6.92 Å². The van der Waals surface area contributed by atoms with E-state index in [1.54, 1.807) is 11.8 Å². The Kier molecular flexibility index (Phi) is 7.38. The Morgan fingerprint density at radius 2 is 1.94 bits per heavy atom. The van der Waals surface area contributed by atoms with Crippen LogP contribution in [0.1, 0.15) is 44.6 Å². The topological polar surface area (TPSA) is 20.2 Å². The predicted molar refractivity (Wildman–Crippen MR) is 76.7 cm³/mol. The van der Waals surface area contributed by atoms with Gasteiger partial charge < -0.3 is 5.11 Å². The fraction of sp³-hybridized carbons (Fsp3) is 0.600. The van der Waals surface area contributed by atoms with E-state index in [-0.39, 0.29) is 6.10 Å². The van der Waals surface area contributed by atoms with Gasteiger partial charge in [0.2, 0.25) is 0 Å². The van der Waals surface area contributed by atoms with Crippen LogP contribution in [-0.4, -0.2) is 17.0 Å². The Hall–Kier alpha value is -0.470. The van der Waals surface area contributed by atoms with Crippen LogP contribution in [0.4, 0.5) is 0 Å². The van der Waals surface area contributed by atoms with Crippen LogP contribution in [0.15, 0.2) is 29.2 Å². The molecule has 1 atom stereocenters. The highest BCUT2D eigenvalue weighted by Crippen LogP contribution is 2.23. The number of rotatable bonds is 8. The number of unbranched alkanes of at least 4 members (excludes halogenated alkanes) is 3. The molecule has 0 amide bonds. The zero-order valence-corrected chi connectivity index (χ0v) is 11.8. The van der Waals surface area contributed by atoms with Gasteiger partial charge >= 0.3 is 0 Å². The first-order valence-electron chi connectivity index (χ1n) is 6.60. The Bertz CT molecular complexity index is 312. The molecule has 96 valence electrons. The molecule has 0 aromatic heterocycles. The van der Waals surface area contributed by atoms with E-state index in [2.05, 4.69) is 38.1 Å². The molecule has 0 bridgehead atoms. The molecule has 17 heavy (non-hydrogen) atoms. The third kappa shape index (κ3) is 6.13. The highest BCUT2D eigenvalue weighted by molar-refractivity contribution is 7.99. The molecule has 0 aliphatic heterocycles. The summed E-state index contributed by atoms with van der Waals surface area (Å²) in [6.45, 7) is 4.33. The maximum Gasteiger partial charge on any atom is 0.0634 e. The smallest absolute Gasteiger partial charge is 0.0634 e. The molecule has 1 unspecified atom stereocenters. The molecule has 0 radical (unpaired) electrons. The number of aliphatic hydroxyl groups excluding tert-OH is 1. The lowest BCUT2D eigenvalue weighted by Gasteiger charge is -2.11. The zero-order valence-electron chi connectivity index (χ0n) is 11.0. The standard InChI is InChI=1S/C15H24OS/c1-3-4-5-6-10-14(16)12-17-15-11-8-7-9-13(15)2/h7-9,11,14,16H,3-6,10,12H2,1-2H3. The van der Waals surface area contributed by atoms with Crippen molar-refractivity contribution in [2.45, 2.75) is 57.0 Å². The lowest BCUT2D eigenvalue weighted by atomic mass is 10.1. The molecular weight excluding hydrogens is 228 g/mol. The van der Waals surface area contributed by atoms with Crippen molar-refractivity contribution in [1.82, 2.24) is 0 Å². The highest BCUT2D eigenvalue weighted by Gasteiger charge is 2.05. The van der Waals surface area contributed by atoms with Gasteiger partial charge in [-0.1, -0.05) is 50.8 Å². The van der Waals surface area contributed by atoms with Crippen molar-refractivity contribution in [3.05, 3.63) is 29.8 Å². The van der Waals surface area contributed by atoms with Gasteiger partial charge in [-0.3, -0.25) is 0 Å². The van der Waals surface area contributed by atoms with Gasteiger partial charge in [0.25, 0.3) is 0 Å². The first kappa shape index (κ1) is 14.6. The van der Waals surface area contributed by atoms with Gasteiger partial charge in [-0.15, -0.1) is 11.8 Å². The molecule has 0 spiro atoms. The Labute approximate surface area is 110 Å². The molecule has 1 N–H and O–H groups in total. The second-order valence-electron chi connectivity index (χ2n) is 4.58. The van der Waals surface area contributed by atoms with Crippen molar-refractivity contribution in [2.75, 3.05) is 5.75 Å². The van der Waals surface area contributed by atoms with Gasteiger partial charge in [0.1, 0.15) is 0 Å². The molecule has 2 heteroatoms. The van der Waals surface area contributed by atoms with E-state index in [9.17, 15) is 5.11 Å². The Morgan fingerprint density at radius 3 is 2.65 bits per heavy atom. The van der Waals surface area contributed by atoms with Gasteiger partial charge in [-0.05, 0) is 25.0 Å². The van der Waals surface area contributed by atoms with Crippen LogP contribution >= 0.6 is 11.8 Å². The Morgan fingerprint density at radius 1 is 1.18 bits per heavy atom. The summed E-state index contributed by atoms with van der Waals surface area (Å²) in [5.41, 5.74) is 1.30. The third-order valence-corrected chi connectivity index (χ3v) is 4.24. The first-order chi connectivity index (χ1) is 8.24. The van der Waals surface area contributed by atoms with Gasteiger partial charge in [-0.25, -0.2) is 0 Å². The fourth-order valence-corrected chi connectivity index (χ4v) is 2.80. The largest absolute Gasteiger partial charge is 0.392 e. The zero-order chi connectivity index (χ0) is 12.5. The summed E-state index contributed by atoms with van der Waals surface area (Å²) < 4.78 is 0. The molecule has 1 aromatic carbocycles. The fourth-order valence-electron chi connectivity index (χ4n) is 1.79. The molecule has 1 rings (SSSR count). The predicted octanol–water partition coefficient (Wildman–Crippen LogP) is 4.42. The normalized spacial score (nSPS) is 12.6. The van der Waals surface area contributed by atoms with Crippen molar-refractivity contribution < 1.29 is 5.11 Å². The van der Waals surface area contributed by atoms with Crippen LogP contribution in [-0.2, 0) is 0 Å². The van der Waals surface area contributed by atoms with Crippen molar-refractivity contribution in [1.29, 1.82) is 0 Å². The van der Waals surface area contributed by atoms with Crippen LogP contribution < -0.4 is 0 Å². The quantitative estimate of drug-likeness (QED) is 0.546. The molecule has 0 saturated heterocycles. The molecule has 1 nitrogen and oxygen atoms in total. The number of hydrogen-bond acceptors (Lipinski definition) is 2. The summed E-state index contributed by atoms with van der Waals surface area (Å²) in [7, 11) is 0. The minimum atomic E-state index is -0.156. The molecule has 0 aliphatic rings. The second kappa shape index (κ2) is 8.60. The highest BCUT2D eigenvalue weighted by atomic mass is 32.2. The van der Waals surface area contributed by atoms with E-state index in [4.69, 9.17) is 0 Å². The van der Waals surface area contributed by atoms with Gasteiger partial charge in [0.15, 0.2) is 0 Å². The van der Waals surface area contributed by atoms with Crippen LogP contribution in [0.3, 0.4) is 0 Å². The minimum Gasteiger partial charge on any atom is -0.392 e. The summed E-state index contributed by atoms with van der Waals surface area (Å²) >= 11 is 1.77. The summed E-state index contributed by atoms with van der Waals surface area (Å²) in [5.74, 6) is 0.816. The number of benzene rings is 1. The number of hydrogen-bond donors (Lipinski definition) is 1. The molecular formula is C15H24OS. The average Bonchev–Trinajstić information content (AvgIpc) is 2.34. The summed E-state index contributed by atoms with van der Waals surface area (Å²) in [6.07, 6.45) is 5.74. The van der Waals surface area contributed by atoms with E-state index >= 15 is 0 Å². The molecule has 0 saturated carbocycles. The van der Waals surface area contributed by atoms with Crippen molar-refractivity contribution in [3.8, 4) is 0 Å². The molecule has 0 fully saturated rings. The number of aryl methyl sites for hydroxylation is 1. The first-order valence-corrected chi connectivity index (χ1v) is 7.59. The lowest BCUT2D eigenvalue weighted by molar-refractivity contribution is 0.185. The SMILES string of the molecule is CCCCCCC(O)CSc1ccccc1C. The van der Waals surface area contributed by atoms with Crippen LogP contribution in [0.2, 0.25) is 0 Å². The average molecular weight is 252 g/mol. The maximum atomic E-state index is 9.88. The number of thioether (sulfide) groups is 1. The van der Waals surface area contributed by atoms with Gasteiger partial charge in [-0.2, -0.15) is 0 Å². The van der Waals surface area contributed by atoms with E-state index in [1.165, 1.54) is 29.7 Å². The maximum absolute atomic E-state index is 9.88. The number of aliphatic hydroxyl groups is 1. The summed E-state index contributed by atoms with van der Waals surface area (Å²) in [5, 5.41) is 9.88. The van der Waals surface area contributed by atoms with Crippen molar-refractivity contribution >= 4 is 11.8 Å². The van der Waals surface area contributed by atoms with Gasteiger partial charge in [0.05, 0.1) is 6.10 Å². The monoisotopic (exact) mass is 252 g/mol. The molecule has 1 aromatic rings. The summed E-state index contributed by atoms with van der Waals surface area (Å²) in [6, 6.07) is 8.36. The lowest BCUT2D eigenvalue weighted by Crippen LogP contribution is -2.09. The van der Waals surface area contributed by atoms with Crippen molar-refractivity contribution in [3.63, 3.8) is 0 Å². The molecule has 0 aliphatic carbocycles. The van der Waals surface area contributed by atoms with Gasteiger partial charge in [0, 0.05) is 10.6 Å². The van der Waals surface area contributed by atoms with E-state index < -0.39 is 0 Å². The Balaban J connectivity index is 2.19. The van der Waals surface area contributed by atoms with E-state index in [0.717, 1.165) is 18.6 Å². The second-order valence-corrected chi connectivity index (χ2v) is 5.64. The van der Waals surface area contributed by atoms with Crippen LogP contribution in [0.25, 0.3) is 0 Å². The summed E-state index contributed by atoms with van der Waals surface area (Å²) in [4.78, 5) is 1.29. The van der Waals surface area contributed by atoms with Crippen LogP contribution in [0.5, 0.6) is 0 Å². The van der Waals surface area contributed by atoms with E-state index in [1.807, 2.05) is 0 Å². The third-order valence-electron chi connectivity index (χ3n) is 2.92. The minimum absolute atomic E-state index is 0.156. The van der Waals surface area contributed by atoms with Crippen molar-refractivity contribution in [2.24, 2.45) is 0 Å². The van der Waals surface area contributed by atoms with E-state index in [0.29, 0.717) is 0 Å².